The molecule has 0 unspecified atom stereocenters. The van der Waals surface area contributed by atoms with Crippen LogP contribution in [0.4, 0.5) is 15.0 Å². The first-order chi connectivity index (χ1) is 15.8. The molecule has 0 radical (unpaired) electrons. The average molecular weight is 536 g/mol. The van der Waals surface area contributed by atoms with Crippen LogP contribution in [0.3, 0.4) is 0 Å². The fraction of sp³-hybridized carbons (Fsp3) is 0.182. The Morgan fingerprint density at radius 1 is 1.21 bits per heavy atom. The first kappa shape index (κ1) is 24.3. The highest BCUT2D eigenvalue weighted by Gasteiger charge is 2.24. The highest BCUT2D eigenvalue weighted by atomic mass is 79.9. The van der Waals surface area contributed by atoms with E-state index in [-0.39, 0.29) is 41.0 Å². The van der Waals surface area contributed by atoms with Crippen LogP contribution in [0.2, 0.25) is 0 Å². The topological polar surface area (TPSA) is 98.8 Å². The Labute approximate surface area is 202 Å². The number of aromatic nitrogens is 1. The first-order valence-corrected chi connectivity index (χ1v) is 10.9. The standard InChI is InChI=1S/C22H19BrFN3O5S/c1-3-31-22(29)27-21(33)26-19-16-14(9-13(24)10-15(16)23)18(17(25-19)20(28)30-2)32-11-12-7-5-4-6-8-12/h4-10H,3,11H2,1-2H3,(H2,25,26,27,29,33). The molecule has 3 aromatic rings. The predicted octanol–water partition coefficient (Wildman–Crippen LogP) is 4.94. The van der Waals surface area contributed by atoms with E-state index in [1.54, 1.807) is 6.92 Å². The molecular weight excluding hydrogens is 517 g/mol. The number of benzene rings is 2. The second kappa shape index (κ2) is 11.0. The molecule has 0 saturated heterocycles. The maximum Gasteiger partial charge on any atom is 0.413 e. The second-order valence-electron chi connectivity index (χ2n) is 6.51. The van der Waals surface area contributed by atoms with E-state index < -0.39 is 17.9 Å². The Kier molecular flexibility index (Phi) is 8.12. The number of thiocarbonyl (C=S) groups is 1. The maximum atomic E-state index is 14.4. The van der Waals surface area contributed by atoms with Crippen LogP contribution in [0.5, 0.6) is 5.75 Å². The average Bonchev–Trinajstić information content (AvgIpc) is 2.77. The summed E-state index contributed by atoms with van der Waals surface area (Å²) in [6.45, 7) is 1.90. The van der Waals surface area contributed by atoms with E-state index in [0.29, 0.717) is 9.86 Å². The third-order valence-electron chi connectivity index (χ3n) is 4.30. The number of hydrogen-bond acceptors (Lipinski definition) is 7. The quantitative estimate of drug-likeness (QED) is 0.338. The fourth-order valence-corrected chi connectivity index (χ4v) is 3.74. The SMILES string of the molecule is CCOC(=O)NC(=S)Nc1nc(C(=O)OC)c(OCc2ccccc2)c2cc(F)cc(Br)c12. The van der Waals surface area contributed by atoms with Gasteiger partial charge in [0.25, 0.3) is 0 Å². The molecule has 1 heterocycles. The van der Waals surface area contributed by atoms with Gasteiger partial charge in [-0.05, 0) is 52.8 Å². The molecule has 0 saturated carbocycles. The van der Waals surface area contributed by atoms with Crippen molar-refractivity contribution in [1.82, 2.24) is 10.3 Å². The van der Waals surface area contributed by atoms with E-state index in [4.69, 9.17) is 26.4 Å². The Morgan fingerprint density at radius 3 is 2.61 bits per heavy atom. The number of amides is 1. The molecular formula is C22H19BrFN3O5S. The summed E-state index contributed by atoms with van der Waals surface area (Å²) < 4.78 is 30.3. The minimum atomic E-state index is -0.798. The number of pyridine rings is 1. The van der Waals surface area contributed by atoms with E-state index in [9.17, 15) is 14.0 Å². The molecule has 0 spiro atoms. The molecule has 1 aromatic heterocycles. The van der Waals surface area contributed by atoms with E-state index >= 15 is 0 Å². The maximum absolute atomic E-state index is 14.4. The van der Waals surface area contributed by atoms with Crippen LogP contribution in [-0.4, -0.2) is 35.9 Å². The summed E-state index contributed by atoms with van der Waals surface area (Å²) in [6, 6.07) is 11.7. The fourth-order valence-electron chi connectivity index (χ4n) is 2.94. The Morgan fingerprint density at radius 2 is 1.94 bits per heavy atom. The lowest BCUT2D eigenvalue weighted by atomic mass is 10.1. The van der Waals surface area contributed by atoms with Crippen LogP contribution in [0, 0.1) is 5.82 Å². The third kappa shape index (κ3) is 5.93. The highest BCUT2D eigenvalue weighted by Crippen LogP contribution is 2.39. The smallest absolute Gasteiger partial charge is 0.413 e. The van der Waals surface area contributed by atoms with Gasteiger partial charge in [0.05, 0.1) is 13.7 Å². The van der Waals surface area contributed by atoms with E-state index in [0.717, 1.165) is 5.56 Å². The summed E-state index contributed by atoms with van der Waals surface area (Å²) in [5.41, 5.74) is 0.638. The summed E-state index contributed by atoms with van der Waals surface area (Å²) in [5.74, 6) is -1.26. The van der Waals surface area contributed by atoms with Crippen molar-refractivity contribution in [1.29, 1.82) is 0 Å². The largest absolute Gasteiger partial charge is 0.486 e. The number of carbonyl (C=O) groups excluding carboxylic acids is 2. The molecule has 0 aliphatic heterocycles. The molecule has 0 aliphatic rings. The summed E-state index contributed by atoms with van der Waals surface area (Å²) in [5, 5.41) is 5.57. The molecule has 11 heteroatoms. The van der Waals surface area contributed by atoms with Crippen LogP contribution < -0.4 is 15.4 Å². The van der Waals surface area contributed by atoms with Gasteiger partial charge in [-0.2, -0.15) is 0 Å². The number of methoxy groups -OCH3 is 1. The van der Waals surface area contributed by atoms with Gasteiger partial charge in [0.15, 0.2) is 16.6 Å². The lowest BCUT2D eigenvalue weighted by Crippen LogP contribution is -2.35. The van der Waals surface area contributed by atoms with Crippen molar-refractivity contribution in [3.05, 3.63) is 64.0 Å². The zero-order chi connectivity index (χ0) is 24.0. The summed E-state index contributed by atoms with van der Waals surface area (Å²) >= 11 is 8.47. The Hall–Kier alpha value is -3.31. The molecule has 0 fully saturated rings. The normalized spacial score (nSPS) is 10.4. The van der Waals surface area contributed by atoms with Crippen molar-refractivity contribution in [3.63, 3.8) is 0 Å². The molecule has 0 bridgehead atoms. The Balaban J connectivity index is 2.11. The van der Waals surface area contributed by atoms with Gasteiger partial charge >= 0.3 is 12.1 Å². The molecule has 2 N–H and O–H groups in total. The van der Waals surface area contributed by atoms with E-state index in [2.05, 4.69) is 31.5 Å². The Bertz CT molecular complexity index is 1210. The number of alkyl carbamates (subject to hydrolysis) is 1. The molecule has 3 rings (SSSR count). The number of esters is 1. The van der Waals surface area contributed by atoms with Crippen LogP contribution in [0.1, 0.15) is 23.0 Å². The summed E-state index contributed by atoms with van der Waals surface area (Å²) in [7, 11) is 1.19. The molecule has 33 heavy (non-hydrogen) atoms. The van der Waals surface area contributed by atoms with Gasteiger partial charge in [-0.15, -0.1) is 0 Å². The monoisotopic (exact) mass is 535 g/mol. The number of rotatable bonds is 6. The number of nitrogens with zero attached hydrogens (tertiary/aromatic N) is 1. The summed E-state index contributed by atoms with van der Waals surface area (Å²) in [6.07, 6.45) is -0.763. The summed E-state index contributed by atoms with van der Waals surface area (Å²) in [4.78, 5) is 28.5. The van der Waals surface area contributed by atoms with Crippen LogP contribution in [0.25, 0.3) is 10.8 Å². The number of nitrogens with one attached hydrogen (secondary N) is 2. The molecule has 0 atom stereocenters. The van der Waals surface area contributed by atoms with E-state index in [1.807, 2.05) is 30.3 Å². The van der Waals surface area contributed by atoms with Crippen LogP contribution in [-0.2, 0) is 16.1 Å². The van der Waals surface area contributed by atoms with Crippen LogP contribution >= 0.6 is 28.1 Å². The van der Waals surface area contributed by atoms with Gasteiger partial charge in [-0.25, -0.2) is 19.0 Å². The van der Waals surface area contributed by atoms with Gasteiger partial charge in [-0.1, -0.05) is 30.3 Å². The third-order valence-corrected chi connectivity index (χ3v) is 5.13. The van der Waals surface area contributed by atoms with E-state index in [1.165, 1.54) is 19.2 Å². The first-order valence-electron chi connectivity index (χ1n) is 9.66. The minimum Gasteiger partial charge on any atom is -0.486 e. The lowest BCUT2D eigenvalue weighted by molar-refractivity contribution is 0.0589. The molecule has 1 amide bonds. The zero-order valence-electron chi connectivity index (χ0n) is 17.6. The van der Waals surface area contributed by atoms with Crippen molar-refractivity contribution in [2.45, 2.75) is 13.5 Å². The van der Waals surface area contributed by atoms with Gasteiger partial charge in [0.1, 0.15) is 18.2 Å². The minimum absolute atomic E-state index is 0.0377. The number of ether oxygens (including phenoxy) is 3. The van der Waals surface area contributed by atoms with Crippen molar-refractivity contribution in [2.75, 3.05) is 19.0 Å². The predicted molar refractivity (Wildman–Crippen MR) is 128 cm³/mol. The molecule has 2 aromatic carbocycles. The number of fused-ring (bicyclic) bond motifs is 1. The van der Waals surface area contributed by atoms with Crippen molar-refractivity contribution in [3.8, 4) is 5.75 Å². The van der Waals surface area contributed by atoms with Crippen molar-refractivity contribution >= 4 is 61.9 Å². The molecule has 172 valence electrons. The number of anilines is 1. The highest BCUT2D eigenvalue weighted by molar-refractivity contribution is 9.10. The number of carbonyl (C=O) groups is 2. The number of hydrogen-bond donors (Lipinski definition) is 2. The van der Waals surface area contributed by atoms with Crippen molar-refractivity contribution < 1.29 is 28.2 Å². The van der Waals surface area contributed by atoms with Crippen LogP contribution in [0.15, 0.2) is 46.9 Å². The zero-order valence-corrected chi connectivity index (χ0v) is 20.0. The second-order valence-corrected chi connectivity index (χ2v) is 7.78. The molecule has 8 nitrogen and oxygen atoms in total. The molecule has 0 aliphatic carbocycles. The van der Waals surface area contributed by atoms with Gasteiger partial charge < -0.3 is 19.5 Å². The number of halogens is 2. The van der Waals surface area contributed by atoms with Gasteiger partial charge in [0.2, 0.25) is 0 Å². The van der Waals surface area contributed by atoms with Crippen molar-refractivity contribution in [2.24, 2.45) is 0 Å². The lowest BCUT2D eigenvalue weighted by Gasteiger charge is -2.18. The van der Waals surface area contributed by atoms with Gasteiger partial charge in [0, 0.05) is 15.2 Å². The van der Waals surface area contributed by atoms with Gasteiger partial charge in [-0.3, -0.25) is 5.32 Å².